The van der Waals surface area contributed by atoms with E-state index in [1.165, 1.54) is 12.1 Å². The van der Waals surface area contributed by atoms with E-state index >= 15 is 8.78 Å². The number of benzene rings is 2. The van der Waals surface area contributed by atoms with Gasteiger partial charge in [0.05, 0.1) is 13.1 Å². The summed E-state index contributed by atoms with van der Waals surface area (Å²) < 4.78 is 35.4. The fourth-order valence-corrected chi connectivity index (χ4v) is 4.27. The van der Waals surface area contributed by atoms with Gasteiger partial charge in [0.1, 0.15) is 5.92 Å². The molecule has 0 radical (unpaired) electrons. The minimum Gasteiger partial charge on any atom is -0.388 e. The van der Waals surface area contributed by atoms with Gasteiger partial charge in [0.25, 0.3) is 11.8 Å². The van der Waals surface area contributed by atoms with E-state index in [9.17, 15) is 9.59 Å². The zero-order valence-corrected chi connectivity index (χ0v) is 20.9. The highest BCUT2D eigenvalue weighted by molar-refractivity contribution is 6.30. The molecule has 1 saturated heterocycles. The number of halogens is 3. The summed E-state index contributed by atoms with van der Waals surface area (Å²) in [6.07, 6.45) is -0.0841. The van der Waals surface area contributed by atoms with Crippen LogP contribution >= 0.6 is 11.6 Å². The number of hydrogen-bond donors (Lipinski definition) is 3. The fraction of sp³-hybridized carbons (Fsp3) is 0.320. The number of rotatable bonds is 7. The molecule has 1 atom stereocenters. The topological polar surface area (TPSA) is 124 Å². The minimum atomic E-state index is -3.31. The van der Waals surface area contributed by atoms with Gasteiger partial charge in [-0.25, -0.2) is 8.78 Å². The van der Waals surface area contributed by atoms with Crippen LogP contribution < -0.4 is 10.6 Å². The Morgan fingerprint density at radius 2 is 1.97 bits per heavy atom. The second-order valence-corrected chi connectivity index (χ2v) is 9.14. The lowest BCUT2D eigenvalue weighted by molar-refractivity contribution is -0.144. The first-order valence-electron chi connectivity index (χ1n) is 11.5. The molecule has 0 spiro atoms. The molecule has 0 saturated carbocycles. The molecule has 37 heavy (non-hydrogen) atoms. The van der Waals surface area contributed by atoms with E-state index in [-0.39, 0.29) is 24.7 Å². The summed E-state index contributed by atoms with van der Waals surface area (Å²) in [5.74, 6) is -5.84. The smallest absolute Gasteiger partial charge is 0.276 e. The molecule has 0 bridgehead atoms. The van der Waals surface area contributed by atoms with Crippen molar-refractivity contribution in [2.45, 2.75) is 25.2 Å². The maximum Gasteiger partial charge on any atom is 0.276 e. The summed E-state index contributed by atoms with van der Waals surface area (Å²) in [5, 5.41) is 17.6. The van der Waals surface area contributed by atoms with Gasteiger partial charge in [-0.2, -0.15) is 4.98 Å². The summed E-state index contributed by atoms with van der Waals surface area (Å²) in [6, 6.07) is 11.2. The predicted octanol–water partition coefficient (Wildman–Crippen LogP) is 4.20. The van der Waals surface area contributed by atoms with Crippen LogP contribution in [0.1, 0.15) is 41.1 Å². The Labute approximate surface area is 216 Å². The number of likely N-dealkylation sites (tertiary alicyclic amines) is 1. The summed E-state index contributed by atoms with van der Waals surface area (Å²) in [7, 11) is 1.71. The molecule has 9 nitrogen and oxygen atoms in total. The number of carbonyl (C=O) groups excluding carboxylic acids is 2. The van der Waals surface area contributed by atoms with Crippen LogP contribution in [-0.4, -0.2) is 65.2 Å². The highest BCUT2D eigenvalue weighted by Gasteiger charge is 2.49. The first-order chi connectivity index (χ1) is 17.6. The SMILES string of the molecule is CNc1cc(-c2noc(C3CCN(C(=O)CNC(=O)c4ccc(Cl)cc4)CC3(F)F)n2)ccc1C(C)=N. The van der Waals surface area contributed by atoms with Crippen LogP contribution in [0.2, 0.25) is 5.02 Å². The monoisotopic (exact) mass is 530 g/mol. The lowest BCUT2D eigenvalue weighted by Crippen LogP contribution is -2.52. The molecule has 194 valence electrons. The van der Waals surface area contributed by atoms with Crippen molar-refractivity contribution >= 4 is 34.8 Å². The normalized spacial score (nSPS) is 16.8. The average molecular weight is 531 g/mol. The number of piperidine rings is 1. The van der Waals surface area contributed by atoms with Crippen molar-refractivity contribution in [1.82, 2.24) is 20.4 Å². The van der Waals surface area contributed by atoms with Gasteiger partial charge in [-0.05, 0) is 43.7 Å². The van der Waals surface area contributed by atoms with Crippen LogP contribution in [0.5, 0.6) is 0 Å². The number of nitrogens with zero attached hydrogens (tertiary/aromatic N) is 3. The molecule has 0 aliphatic carbocycles. The molecule has 2 heterocycles. The van der Waals surface area contributed by atoms with Gasteiger partial charge in [0.2, 0.25) is 17.6 Å². The minimum absolute atomic E-state index is 0.0465. The van der Waals surface area contributed by atoms with Crippen molar-refractivity contribution in [1.29, 1.82) is 5.41 Å². The molecule has 3 aromatic rings. The number of carbonyl (C=O) groups is 2. The van der Waals surface area contributed by atoms with Crippen LogP contribution in [0.4, 0.5) is 14.5 Å². The standard InChI is InChI=1S/C25H25ClF2N6O3/c1-14(29)18-8-5-16(11-20(18)30-2)22-32-24(37-33-22)19-9-10-34(13-25(19,27)28)21(35)12-31-23(36)15-3-6-17(26)7-4-15/h3-8,11,19,29-30H,9-10,12-13H2,1-2H3,(H,31,36). The highest BCUT2D eigenvalue weighted by atomic mass is 35.5. The van der Waals surface area contributed by atoms with Crippen molar-refractivity contribution < 1.29 is 22.9 Å². The number of alkyl halides is 2. The molecule has 2 amide bonds. The van der Waals surface area contributed by atoms with E-state index in [0.717, 1.165) is 4.90 Å². The van der Waals surface area contributed by atoms with Crippen molar-refractivity contribution in [2.24, 2.45) is 0 Å². The number of aromatic nitrogens is 2. The zero-order chi connectivity index (χ0) is 26.7. The third kappa shape index (κ3) is 5.77. The number of anilines is 1. The van der Waals surface area contributed by atoms with Crippen LogP contribution in [0, 0.1) is 5.41 Å². The molecule has 3 N–H and O–H groups in total. The van der Waals surface area contributed by atoms with Crippen molar-refractivity contribution in [2.75, 3.05) is 32.0 Å². The van der Waals surface area contributed by atoms with E-state index in [1.54, 1.807) is 44.3 Å². The number of nitrogens with one attached hydrogen (secondary N) is 3. The van der Waals surface area contributed by atoms with Gasteiger partial charge in [-0.15, -0.1) is 0 Å². The van der Waals surface area contributed by atoms with Gasteiger partial charge in [-0.1, -0.05) is 28.9 Å². The summed E-state index contributed by atoms with van der Waals surface area (Å²) in [5.41, 5.74) is 2.60. The van der Waals surface area contributed by atoms with E-state index in [2.05, 4.69) is 20.8 Å². The van der Waals surface area contributed by atoms with E-state index in [1.807, 2.05) is 0 Å². The van der Waals surface area contributed by atoms with Crippen molar-refractivity contribution in [3.8, 4) is 11.4 Å². The van der Waals surface area contributed by atoms with Crippen LogP contribution in [-0.2, 0) is 4.79 Å². The summed E-state index contributed by atoms with van der Waals surface area (Å²) in [4.78, 5) is 30.0. The van der Waals surface area contributed by atoms with Gasteiger partial charge in [-0.3, -0.25) is 9.59 Å². The molecule has 1 unspecified atom stereocenters. The van der Waals surface area contributed by atoms with Crippen molar-refractivity contribution in [3.63, 3.8) is 0 Å². The molecule has 12 heteroatoms. The Morgan fingerprint density at radius 3 is 2.62 bits per heavy atom. The third-order valence-corrected chi connectivity index (χ3v) is 6.40. The van der Waals surface area contributed by atoms with Crippen LogP contribution in [0.15, 0.2) is 47.0 Å². The maximum absolute atomic E-state index is 15.1. The van der Waals surface area contributed by atoms with Gasteiger partial charge in [0, 0.05) is 46.7 Å². The van der Waals surface area contributed by atoms with Crippen LogP contribution in [0.3, 0.4) is 0 Å². The maximum atomic E-state index is 15.1. The second kappa shape index (κ2) is 10.6. The quantitative estimate of drug-likeness (QED) is 0.393. The molecule has 1 aliphatic heterocycles. The Bertz CT molecular complexity index is 1330. The van der Waals surface area contributed by atoms with Crippen molar-refractivity contribution in [3.05, 3.63) is 64.5 Å². The molecule has 1 fully saturated rings. The molecule has 4 rings (SSSR count). The lowest BCUT2D eigenvalue weighted by Gasteiger charge is -2.36. The molecular weight excluding hydrogens is 506 g/mol. The van der Waals surface area contributed by atoms with E-state index in [4.69, 9.17) is 21.5 Å². The first kappa shape index (κ1) is 26.2. The Morgan fingerprint density at radius 1 is 1.24 bits per heavy atom. The average Bonchev–Trinajstić information content (AvgIpc) is 3.36. The molecule has 1 aromatic heterocycles. The molecule has 2 aromatic carbocycles. The van der Waals surface area contributed by atoms with E-state index < -0.39 is 36.7 Å². The Hall–Kier alpha value is -3.86. The first-order valence-corrected chi connectivity index (χ1v) is 11.9. The zero-order valence-electron chi connectivity index (χ0n) is 20.1. The van der Waals surface area contributed by atoms with Gasteiger partial charge < -0.3 is 25.5 Å². The largest absolute Gasteiger partial charge is 0.388 e. The van der Waals surface area contributed by atoms with Gasteiger partial charge in [0.15, 0.2) is 0 Å². The molecular formula is C25H25ClF2N6O3. The Balaban J connectivity index is 1.40. The van der Waals surface area contributed by atoms with E-state index in [0.29, 0.717) is 33.1 Å². The summed E-state index contributed by atoms with van der Waals surface area (Å²) >= 11 is 5.80. The summed E-state index contributed by atoms with van der Waals surface area (Å²) in [6.45, 7) is 0.466. The predicted molar refractivity (Wildman–Crippen MR) is 134 cm³/mol. The van der Waals surface area contributed by atoms with Crippen LogP contribution in [0.25, 0.3) is 11.4 Å². The lowest BCUT2D eigenvalue weighted by atomic mass is 9.92. The fourth-order valence-electron chi connectivity index (χ4n) is 4.14. The number of amides is 2. The third-order valence-electron chi connectivity index (χ3n) is 6.15. The van der Waals surface area contributed by atoms with Gasteiger partial charge >= 0.3 is 0 Å². The number of hydrogen-bond acceptors (Lipinski definition) is 7. The molecule has 1 aliphatic rings. The second-order valence-electron chi connectivity index (χ2n) is 8.70. The Kier molecular flexibility index (Phi) is 7.53. The highest BCUT2D eigenvalue weighted by Crippen LogP contribution is 2.40.